The largest absolute Gasteiger partial charge is 0.494 e. The first-order valence-corrected chi connectivity index (χ1v) is 9.33. The molecule has 2 aromatic rings. The van der Waals surface area contributed by atoms with E-state index in [0.717, 1.165) is 20.4 Å². The van der Waals surface area contributed by atoms with Gasteiger partial charge in [0, 0.05) is 46.7 Å². The van der Waals surface area contributed by atoms with Gasteiger partial charge in [-0.25, -0.2) is 9.80 Å². The van der Waals surface area contributed by atoms with Gasteiger partial charge in [-0.3, -0.25) is 18.7 Å². The highest BCUT2D eigenvalue weighted by atomic mass is 16.3. The molecule has 1 aliphatic rings. The van der Waals surface area contributed by atoms with Gasteiger partial charge in [-0.1, -0.05) is 19.1 Å². The van der Waals surface area contributed by atoms with Gasteiger partial charge in [0.2, 0.25) is 11.8 Å². The van der Waals surface area contributed by atoms with E-state index in [1.165, 1.54) is 19.1 Å². The van der Waals surface area contributed by atoms with Crippen molar-refractivity contribution in [1.29, 1.82) is 0 Å². The molecule has 1 unspecified atom stereocenters. The zero-order valence-corrected chi connectivity index (χ0v) is 17.2. The molecule has 1 amide bonds. The number of hydrogen-bond donors (Lipinski definition) is 1. The Labute approximate surface area is 168 Å². The zero-order valence-electron chi connectivity index (χ0n) is 17.2. The standard InChI is InChI=1S/C20H25N5O4/c1-6-16(26)25-15(12-7-9-13(10-8-12)22(2)3)11-14(21-25)17-18(27)23(4)20(29)24(5)19(17)28/h7-10,15,27H,6,11H2,1-5H3. The normalized spacial score (nSPS) is 16.1. The van der Waals surface area contributed by atoms with Crippen molar-refractivity contribution in [3.63, 3.8) is 0 Å². The number of nitrogens with zero attached hydrogens (tertiary/aromatic N) is 5. The summed E-state index contributed by atoms with van der Waals surface area (Å²) >= 11 is 0. The molecule has 9 heteroatoms. The van der Waals surface area contributed by atoms with E-state index < -0.39 is 23.2 Å². The van der Waals surface area contributed by atoms with Crippen molar-refractivity contribution in [2.75, 3.05) is 19.0 Å². The van der Waals surface area contributed by atoms with Crippen molar-refractivity contribution in [2.24, 2.45) is 19.2 Å². The Morgan fingerprint density at radius 2 is 1.79 bits per heavy atom. The molecule has 0 radical (unpaired) electrons. The van der Waals surface area contributed by atoms with Crippen LogP contribution >= 0.6 is 0 Å². The maximum Gasteiger partial charge on any atom is 0.333 e. The van der Waals surface area contributed by atoms with Crippen LogP contribution in [0.2, 0.25) is 0 Å². The predicted molar refractivity (Wildman–Crippen MR) is 110 cm³/mol. The Kier molecular flexibility index (Phi) is 5.32. The van der Waals surface area contributed by atoms with Crippen LogP contribution in [0.25, 0.3) is 0 Å². The lowest BCUT2D eigenvalue weighted by Crippen LogP contribution is -2.39. The Balaban J connectivity index is 2.09. The van der Waals surface area contributed by atoms with Gasteiger partial charge in [-0.2, -0.15) is 5.10 Å². The molecule has 2 heterocycles. The van der Waals surface area contributed by atoms with E-state index in [9.17, 15) is 19.5 Å². The topological polar surface area (TPSA) is 100 Å². The van der Waals surface area contributed by atoms with Crippen LogP contribution in [0.3, 0.4) is 0 Å². The van der Waals surface area contributed by atoms with Crippen molar-refractivity contribution in [2.45, 2.75) is 25.8 Å². The summed E-state index contributed by atoms with van der Waals surface area (Å²) in [7, 11) is 6.60. The quantitative estimate of drug-likeness (QED) is 0.825. The summed E-state index contributed by atoms with van der Waals surface area (Å²) in [5.74, 6) is -0.646. The lowest BCUT2D eigenvalue weighted by atomic mass is 9.98. The monoisotopic (exact) mass is 399 g/mol. The SMILES string of the molecule is CCC(=O)N1N=C(c2c(O)n(C)c(=O)n(C)c2=O)CC1c1ccc(N(C)C)cc1. The summed E-state index contributed by atoms with van der Waals surface area (Å²) in [6.07, 6.45) is 0.508. The lowest BCUT2D eigenvalue weighted by Gasteiger charge is -2.22. The molecule has 1 aliphatic heterocycles. The molecular weight excluding hydrogens is 374 g/mol. The number of anilines is 1. The van der Waals surface area contributed by atoms with Crippen LogP contribution in [0, 0.1) is 0 Å². The second-order valence-corrected chi connectivity index (χ2v) is 7.25. The predicted octanol–water partition coefficient (Wildman–Crippen LogP) is 0.943. The van der Waals surface area contributed by atoms with Gasteiger partial charge in [0.1, 0.15) is 5.56 Å². The molecule has 154 valence electrons. The van der Waals surface area contributed by atoms with Crippen LogP contribution in [0.5, 0.6) is 5.88 Å². The third kappa shape index (κ3) is 3.43. The Hall–Kier alpha value is -3.36. The highest BCUT2D eigenvalue weighted by molar-refractivity contribution is 6.04. The molecule has 29 heavy (non-hydrogen) atoms. The van der Waals surface area contributed by atoms with E-state index in [2.05, 4.69) is 5.10 Å². The molecule has 9 nitrogen and oxygen atoms in total. The molecule has 0 saturated heterocycles. The van der Waals surface area contributed by atoms with E-state index in [1.807, 2.05) is 43.3 Å². The molecule has 0 aliphatic carbocycles. The van der Waals surface area contributed by atoms with E-state index in [4.69, 9.17) is 0 Å². The molecular formula is C20H25N5O4. The van der Waals surface area contributed by atoms with Gasteiger partial charge < -0.3 is 10.0 Å². The van der Waals surface area contributed by atoms with Gasteiger partial charge in [0.25, 0.3) is 5.56 Å². The molecule has 0 bridgehead atoms. The number of hydrazone groups is 1. The first-order valence-electron chi connectivity index (χ1n) is 9.33. The smallest absolute Gasteiger partial charge is 0.333 e. The molecule has 1 aromatic heterocycles. The fraction of sp³-hybridized carbons (Fsp3) is 0.400. The minimum absolute atomic E-state index is 0.0593. The summed E-state index contributed by atoms with van der Waals surface area (Å²) in [6.45, 7) is 1.74. The maximum absolute atomic E-state index is 12.7. The Morgan fingerprint density at radius 1 is 1.17 bits per heavy atom. The number of aromatic hydroxyl groups is 1. The summed E-state index contributed by atoms with van der Waals surface area (Å²) in [6, 6.07) is 7.35. The minimum atomic E-state index is -0.642. The Morgan fingerprint density at radius 3 is 2.34 bits per heavy atom. The fourth-order valence-corrected chi connectivity index (χ4v) is 3.39. The van der Waals surface area contributed by atoms with Gasteiger partial charge >= 0.3 is 5.69 Å². The fourth-order valence-electron chi connectivity index (χ4n) is 3.39. The van der Waals surface area contributed by atoms with Crippen LogP contribution < -0.4 is 16.1 Å². The van der Waals surface area contributed by atoms with Gasteiger partial charge in [-0.15, -0.1) is 0 Å². The van der Waals surface area contributed by atoms with Crippen molar-refractivity contribution in [3.8, 4) is 5.88 Å². The average molecular weight is 399 g/mol. The van der Waals surface area contributed by atoms with Crippen LogP contribution in [0.15, 0.2) is 39.0 Å². The van der Waals surface area contributed by atoms with E-state index in [1.54, 1.807) is 6.92 Å². The van der Waals surface area contributed by atoms with Crippen molar-refractivity contribution >= 4 is 17.3 Å². The van der Waals surface area contributed by atoms with Crippen LogP contribution in [0.4, 0.5) is 5.69 Å². The third-order valence-corrected chi connectivity index (χ3v) is 5.18. The average Bonchev–Trinajstić information content (AvgIpc) is 3.15. The van der Waals surface area contributed by atoms with Crippen molar-refractivity contribution in [3.05, 3.63) is 56.2 Å². The number of benzene rings is 1. The molecule has 0 fully saturated rings. The molecule has 1 aromatic carbocycles. The number of carbonyl (C=O) groups is 1. The van der Waals surface area contributed by atoms with Gasteiger partial charge in [0.15, 0.2) is 0 Å². The van der Waals surface area contributed by atoms with Crippen LogP contribution in [-0.4, -0.2) is 45.0 Å². The van der Waals surface area contributed by atoms with Crippen molar-refractivity contribution < 1.29 is 9.90 Å². The molecule has 0 saturated carbocycles. The molecule has 0 spiro atoms. The number of amides is 1. The number of carbonyl (C=O) groups excluding carboxylic acids is 1. The van der Waals surface area contributed by atoms with E-state index in [-0.39, 0.29) is 30.0 Å². The van der Waals surface area contributed by atoms with Gasteiger partial charge in [0.05, 0.1) is 11.8 Å². The summed E-state index contributed by atoms with van der Waals surface area (Å²) < 4.78 is 1.91. The highest BCUT2D eigenvalue weighted by Gasteiger charge is 2.35. The maximum atomic E-state index is 12.7. The second kappa shape index (κ2) is 7.57. The summed E-state index contributed by atoms with van der Waals surface area (Å²) in [5.41, 5.74) is 0.838. The minimum Gasteiger partial charge on any atom is -0.494 e. The zero-order chi connectivity index (χ0) is 21.5. The first-order chi connectivity index (χ1) is 13.7. The van der Waals surface area contributed by atoms with Gasteiger partial charge in [-0.05, 0) is 17.7 Å². The number of rotatable bonds is 4. The van der Waals surface area contributed by atoms with E-state index in [0.29, 0.717) is 0 Å². The second-order valence-electron chi connectivity index (χ2n) is 7.25. The van der Waals surface area contributed by atoms with Crippen molar-refractivity contribution in [1.82, 2.24) is 14.1 Å². The summed E-state index contributed by atoms with van der Waals surface area (Å²) in [5, 5.41) is 16.2. The lowest BCUT2D eigenvalue weighted by molar-refractivity contribution is -0.132. The third-order valence-electron chi connectivity index (χ3n) is 5.18. The highest BCUT2D eigenvalue weighted by Crippen LogP contribution is 2.34. The van der Waals surface area contributed by atoms with Crippen LogP contribution in [-0.2, 0) is 18.9 Å². The number of aromatic nitrogens is 2. The summed E-state index contributed by atoms with van der Waals surface area (Å²) in [4.78, 5) is 39.2. The van der Waals surface area contributed by atoms with Crippen LogP contribution in [0.1, 0.15) is 36.9 Å². The molecule has 1 atom stereocenters. The first kappa shape index (κ1) is 20.4. The number of hydrogen-bond acceptors (Lipinski definition) is 6. The molecule has 1 N–H and O–H groups in total. The van der Waals surface area contributed by atoms with E-state index >= 15 is 0 Å². The Bertz CT molecular complexity index is 1100. The molecule has 3 rings (SSSR count).